The Hall–Kier alpha value is -2.10. The molecule has 1 aromatic rings. The SMILES string of the molecule is CC(C)=CCC[C@@H](C)CCOC(=O)c1ccccc1C(=O)NC(C)C. The fraction of sp³-hybridized carbons (Fsp3) is 0.524. The maximum absolute atomic E-state index is 12.3. The van der Waals surface area contributed by atoms with E-state index in [-0.39, 0.29) is 11.9 Å². The molecule has 0 radical (unpaired) electrons. The Kier molecular flexibility index (Phi) is 8.96. The van der Waals surface area contributed by atoms with Crippen molar-refractivity contribution in [3.05, 3.63) is 47.0 Å². The van der Waals surface area contributed by atoms with Gasteiger partial charge in [0.25, 0.3) is 5.91 Å². The minimum atomic E-state index is -0.439. The Bertz CT molecular complexity index is 601. The van der Waals surface area contributed by atoms with Gasteiger partial charge >= 0.3 is 5.97 Å². The molecule has 0 aliphatic carbocycles. The zero-order valence-electron chi connectivity index (χ0n) is 16.1. The predicted molar refractivity (Wildman–Crippen MR) is 102 cm³/mol. The predicted octanol–water partition coefficient (Wildman–Crippen LogP) is 4.75. The van der Waals surface area contributed by atoms with Crippen molar-refractivity contribution in [2.75, 3.05) is 6.61 Å². The van der Waals surface area contributed by atoms with Gasteiger partial charge in [-0.2, -0.15) is 0 Å². The fourth-order valence-electron chi connectivity index (χ4n) is 2.43. The van der Waals surface area contributed by atoms with Crippen LogP contribution in [0.25, 0.3) is 0 Å². The summed E-state index contributed by atoms with van der Waals surface area (Å²) in [5, 5.41) is 2.81. The van der Waals surface area contributed by atoms with E-state index in [0.29, 0.717) is 23.7 Å². The number of rotatable bonds is 9. The molecular formula is C21H31NO3. The first-order valence-electron chi connectivity index (χ1n) is 9.01. The second-order valence-corrected chi connectivity index (χ2v) is 7.06. The zero-order chi connectivity index (χ0) is 18.8. The van der Waals surface area contributed by atoms with Crippen molar-refractivity contribution < 1.29 is 14.3 Å². The van der Waals surface area contributed by atoms with Crippen LogP contribution in [0.3, 0.4) is 0 Å². The summed E-state index contributed by atoms with van der Waals surface area (Å²) in [5.41, 5.74) is 2.01. The van der Waals surface area contributed by atoms with Crippen LogP contribution in [0.4, 0.5) is 0 Å². The number of carbonyl (C=O) groups is 2. The smallest absolute Gasteiger partial charge is 0.338 e. The molecule has 4 heteroatoms. The highest BCUT2D eigenvalue weighted by Crippen LogP contribution is 2.14. The second kappa shape index (κ2) is 10.7. The van der Waals surface area contributed by atoms with Crippen LogP contribution in [0.5, 0.6) is 0 Å². The average Bonchev–Trinajstić information content (AvgIpc) is 2.53. The lowest BCUT2D eigenvalue weighted by molar-refractivity contribution is 0.0480. The number of ether oxygens (including phenoxy) is 1. The monoisotopic (exact) mass is 345 g/mol. The van der Waals surface area contributed by atoms with Gasteiger partial charge in [0.15, 0.2) is 0 Å². The first-order chi connectivity index (χ1) is 11.8. The van der Waals surface area contributed by atoms with Crippen molar-refractivity contribution in [3.63, 3.8) is 0 Å². The maximum Gasteiger partial charge on any atom is 0.338 e. The van der Waals surface area contributed by atoms with Crippen molar-refractivity contribution in [1.82, 2.24) is 5.32 Å². The number of amides is 1. The molecule has 138 valence electrons. The Morgan fingerprint density at radius 3 is 2.32 bits per heavy atom. The first-order valence-corrected chi connectivity index (χ1v) is 9.01. The molecule has 1 rings (SSSR count). The summed E-state index contributed by atoms with van der Waals surface area (Å²) in [4.78, 5) is 24.5. The van der Waals surface area contributed by atoms with Gasteiger partial charge in [-0.1, -0.05) is 30.7 Å². The summed E-state index contributed by atoms with van der Waals surface area (Å²) >= 11 is 0. The molecule has 0 heterocycles. The molecule has 0 fully saturated rings. The Morgan fingerprint density at radius 1 is 1.08 bits per heavy atom. The highest BCUT2D eigenvalue weighted by Gasteiger charge is 2.18. The van der Waals surface area contributed by atoms with Crippen molar-refractivity contribution in [2.24, 2.45) is 5.92 Å². The van der Waals surface area contributed by atoms with Crippen LogP contribution < -0.4 is 5.32 Å². The summed E-state index contributed by atoms with van der Waals surface area (Å²) in [6, 6.07) is 6.78. The van der Waals surface area contributed by atoms with E-state index in [1.165, 1.54) is 5.57 Å². The van der Waals surface area contributed by atoms with E-state index >= 15 is 0 Å². The zero-order valence-corrected chi connectivity index (χ0v) is 16.1. The Labute approximate surface area is 151 Å². The molecule has 0 aliphatic heterocycles. The topological polar surface area (TPSA) is 55.4 Å². The van der Waals surface area contributed by atoms with E-state index < -0.39 is 5.97 Å². The van der Waals surface area contributed by atoms with Crippen LogP contribution in [-0.4, -0.2) is 24.5 Å². The highest BCUT2D eigenvalue weighted by molar-refractivity contribution is 6.05. The van der Waals surface area contributed by atoms with E-state index in [1.54, 1.807) is 24.3 Å². The summed E-state index contributed by atoms with van der Waals surface area (Å²) < 4.78 is 5.39. The summed E-state index contributed by atoms with van der Waals surface area (Å²) in [7, 11) is 0. The summed E-state index contributed by atoms with van der Waals surface area (Å²) in [6.45, 7) is 10.5. The first kappa shape index (κ1) is 20.9. The summed E-state index contributed by atoms with van der Waals surface area (Å²) in [5.74, 6) is -0.202. The minimum absolute atomic E-state index is 0.0123. The maximum atomic E-state index is 12.3. The van der Waals surface area contributed by atoms with Crippen LogP contribution in [0, 0.1) is 5.92 Å². The van der Waals surface area contributed by atoms with Gasteiger partial charge in [-0.05, 0) is 65.0 Å². The Morgan fingerprint density at radius 2 is 1.72 bits per heavy atom. The molecule has 1 atom stereocenters. The quantitative estimate of drug-likeness (QED) is 0.519. The molecule has 0 saturated carbocycles. The second-order valence-electron chi connectivity index (χ2n) is 7.06. The van der Waals surface area contributed by atoms with E-state index in [4.69, 9.17) is 4.74 Å². The van der Waals surface area contributed by atoms with Gasteiger partial charge in [0.1, 0.15) is 0 Å². The molecule has 25 heavy (non-hydrogen) atoms. The van der Waals surface area contributed by atoms with Crippen molar-refractivity contribution >= 4 is 11.9 Å². The molecule has 0 spiro atoms. The average molecular weight is 345 g/mol. The van der Waals surface area contributed by atoms with Crippen LogP contribution in [-0.2, 0) is 4.74 Å². The third-order valence-electron chi connectivity index (χ3n) is 3.87. The van der Waals surface area contributed by atoms with Gasteiger partial charge in [-0.3, -0.25) is 4.79 Å². The standard InChI is InChI=1S/C21H31NO3/c1-15(2)9-8-10-17(5)13-14-25-21(24)19-12-7-6-11-18(19)20(23)22-16(3)4/h6-7,9,11-12,16-17H,8,10,13-14H2,1-5H3,(H,22,23)/t17-/m1/s1. The van der Waals surface area contributed by atoms with E-state index in [1.807, 2.05) is 13.8 Å². The molecule has 0 aliphatic rings. The molecule has 0 bridgehead atoms. The number of hydrogen-bond donors (Lipinski definition) is 1. The van der Waals surface area contributed by atoms with E-state index in [2.05, 4.69) is 32.2 Å². The normalized spacial score (nSPS) is 11.8. The lowest BCUT2D eigenvalue weighted by Crippen LogP contribution is -2.31. The van der Waals surface area contributed by atoms with Crippen LogP contribution >= 0.6 is 0 Å². The third-order valence-corrected chi connectivity index (χ3v) is 3.87. The lowest BCUT2D eigenvalue weighted by atomic mass is 10.0. The van der Waals surface area contributed by atoms with Crippen LogP contribution in [0.1, 0.15) is 74.6 Å². The van der Waals surface area contributed by atoms with Gasteiger partial charge < -0.3 is 10.1 Å². The van der Waals surface area contributed by atoms with Crippen molar-refractivity contribution in [2.45, 2.75) is 59.9 Å². The number of nitrogens with one attached hydrogen (secondary N) is 1. The number of benzene rings is 1. The van der Waals surface area contributed by atoms with Crippen LogP contribution in [0.2, 0.25) is 0 Å². The third kappa shape index (κ3) is 8.01. The number of esters is 1. The molecule has 1 aromatic carbocycles. The number of allylic oxidation sites excluding steroid dienone is 2. The van der Waals surface area contributed by atoms with Crippen molar-refractivity contribution in [1.29, 1.82) is 0 Å². The fourth-order valence-corrected chi connectivity index (χ4v) is 2.43. The molecule has 1 amide bonds. The van der Waals surface area contributed by atoms with E-state index in [9.17, 15) is 9.59 Å². The molecular weight excluding hydrogens is 314 g/mol. The van der Waals surface area contributed by atoms with Crippen molar-refractivity contribution in [3.8, 4) is 0 Å². The van der Waals surface area contributed by atoms with Gasteiger partial charge in [0, 0.05) is 6.04 Å². The molecule has 4 nitrogen and oxygen atoms in total. The molecule has 1 N–H and O–H groups in total. The van der Waals surface area contributed by atoms with E-state index in [0.717, 1.165) is 19.3 Å². The Balaban J connectivity index is 2.55. The minimum Gasteiger partial charge on any atom is -0.462 e. The van der Waals surface area contributed by atoms with Gasteiger partial charge in [-0.25, -0.2) is 4.79 Å². The van der Waals surface area contributed by atoms with Gasteiger partial charge in [-0.15, -0.1) is 0 Å². The number of hydrogen-bond acceptors (Lipinski definition) is 3. The largest absolute Gasteiger partial charge is 0.462 e. The van der Waals surface area contributed by atoms with Gasteiger partial charge in [0.05, 0.1) is 17.7 Å². The molecule has 0 unspecified atom stereocenters. The molecule has 0 aromatic heterocycles. The lowest BCUT2D eigenvalue weighted by Gasteiger charge is -2.13. The highest BCUT2D eigenvalue weighted by atomic mass is 16.5. The molecule has 0 saturated heterocycles. The van der Waals surface area contributed by atoms with Crippen LogP contribution in [0.15, 0.2) is 35.9 Å². The van der Waals surface area contributed by atoms with Gasteiger partial charge in [0.2, 0.25) is 0 Å². The number of carbonyl (C=O) groups excluding carboxylic acids is 2. The summed E-state index contributed by atoms with van der Waals surface area (Å²) in [6.07, 6.45) is 5.18.